The summed E-state index contributed by atoms with van der Waals surface area (Å²) in [6, 6.07) is 0. The van der Waals surface area contributed by atoms with Gasteiger partial charge in [0.15, 0.2) is 11.6 Å². The minimum atomic E-state index is 0.0729. The molecule has 0 fully saturated rings. The molecule has 0 bridgehead atoms. The lowest BCUT2D eigenvalue weighted by Crippen LogP contribution is -2.26. The molecule has 5 heteroatoms. The van der Waals surface area contributed by atoms with E-state index in [1.54, 1.807) is 26.0 Å². The molecule has 0 spiro atoms. The van der Waals surface area contributed by atoms with Crippen molar-refractivity contribution in [1.82, 2.24) is 15.5 Å². The van der Waals surface area contributed by atoms with Crippen molar-refractivity contribution in [1.29, 1.82) is 0 Å². The van der Waals surface area contributed by atoms with Gasteiger partial charge in [-0.15, -0.1) is 0 Å². The van der Waals surface area contributed by atoms with Crippen LogP contribution in [0.25, 0.3) is 0 Å². The molecular weight excluding hydrogens is 278 g/mol. The molecule has 0 aromatic heterocycles. The summed E-state index contributed by atoms with van der Waals surface area (Å²) in [5, 5.41) is 6.46. The quantitative estimate of drug-likeness (QED) is 0.426. The molecule has 0 rings (SSSR count). The zero-order valence-corrected chi connectivity index (χ0v) is 14.7. The average Bonchev–Trinajstić information content (AvgIpc) is 2.38. The highest BCUT2D eigenvalue weighted by Gasteiger charge is 1.99. The van der Waals surface area contributed by atoms with Crippen molar-refractivity contribution in [3.05, 3.63) is 23.5 Å². The fourth-order valence-corrected chi connectivity index (χ4v) is 2.09. The first-order valence-electron chi connectivity index (χ1n) is 7.85. The van der Waals surface area contributed by atoms with Gasteiger partial charge in [0.25, 0.3) is 0 Å². The van der Waals surface area contributed by atoms with E-state index in [1.165, 1.54) is 0 Å². The van der Waals surface area contributed by atoms with Crippen LogP contribution in [-0.4, -0.2) is 49.7 Å². The van der Waals surface area contributed by atoms with E-state index in [2.05, 4.69) is 22.6 Å². The molecule has 22 heavy (non-hydrogen) atoms. The van der Waals surface area contributed by atoms with Crippen LogP contribution in [0.3, 0.4) is 0 Å². The predicted molar refractivity (Wildman–Crippen MR) is 91.6 cm³/mol. The Labute approximate surface area is 134 Å². The highest BCUT2D eigenvalue weighted by molar-refractivity contribution is 5.88. The fourth-order valence-electron chi connectivity index (χ4n) is 2.09. The Morgan fingerprint density at radius 3 is 1.50 bits per heavy atom. The molecule has 0 aromatic rings. The third-order valence-corrected chi connectivity index (χ3v) is 3.08. The number of nitrogens with zero attached hydrogens (tertiary/aromatic N) is 1. The second-order valence-electron chi connectivity index (χ2n) is 5.74. The molecule has 0 aliphatic rings. The summed E-state index contributed by atoms with van der Waals surface area (Å²) in [7, 11) is 2.11. The molecule has 0 saturated carbocycles. The van der Waals surface area contributed by atoms with Gasteiger partial charge in [0.05, 0.1) is 0 Å². The smallest absolute Gasteiger partial charge is 0.154 e. The number of rotatable bonds is 12. The van der Waals surface area contributed by atoms with E-state index >= 15 is 0 Å². The number of nitrogens with one attached hydrogen (secondary N) is 2. The summed E-state index contributed by atoms with van der Waals surface area (Å²) in [4.78, 5) is 24.1. The lowest BCUT2D eigenvalue weighted by atomic mass is 10.3. The third-order valence-electron chi connectivity index (χ3n) is 3.08. The largest absolute Gasteiger partial charge is 0.388 e. The van der Waals surface area contributed by atoms with Gasteiger partial charge >= 0.3 is 0 Å². The van der Waals surface area contributed by atoms with Gasteiger partial charge in [0.2, 0.25) is 0 Å². The lowest BCUT2D eigenvalue weighted by molar-refractivity contribution is -0.113. The Morgan fingerprint density at radius 2 is 1.18 bits per heavy atom. The van der Waals surface area contributed by atoms with E-state index in [4.69, 9.17) is 0 Å². The Kier molecular flexibility index (Phi) is 11.1. The van der Waals surface area contributed by atoms with Crippen LogP contribution in [0.4, 0.5) is 0 Å². The second kappa shape index (κ2) is 12.0. The van der Waals surface area contributed by atoms with Crippen LogP contribution < -0.4 is 10.6 Å². The summed E-state index contributed by atoms with van der Waals surface area (Å²) >= 11 is 0. The molecule has 126 valence electrons. The molecule has 0 unspecified atom stereocenters. The molecule has 0 aliphatic heterocycles. The summed E-state index contributed by atoms with van der Waals surface area (Å²) in [6.45, 7) is 10.7. The van der Waals surface area contributed by atoms with E-state index in [0.717, 1.165) is 50.4 Å². The molecule has 0 aliphatic carbocycles. The minimum Gasteiger partial charge on any atom is -0.388 e. The van der Waals surface area contributed by atoms with Crippen molar-refractivity contribution in [2.75, 3.05) is 33.2 Å². The maximum atomic E-state index is 10.9. The van der Waals surface area contributed by atoms with Gasteiger partial charge in [-0.2, -0.15) is 0 Å². The molecule has 5 nitrogen and oxygen atoms in total. The van der Waals surface area contributed by atoms with Crippen LogP contribution in [0.15, 0.2) is 23.5 Å². The van der Waals surface area contributed by atoms with Crippen molar-refractivity contribution >= 4 is 11.6 Å². The molecule has 0 amide bonds. The fraction of sp³-hybridized carbons (Fsp3) is 0.647. The standard InChI is InChI=1S/C17H31N3O2/c1-14(12-16(3)21)18-8-6-10-20(5)11-7-9-19-15(2)13-17(4)22/h12-13,18-19H,6-11H2,1-5H3/b14-12+,15-13+. The SMILES string of the molecule is CC(=O)/C=C(\C)NCCCN(C)CCCN/C(C)=C/C(C)=O. The lowest BCUT2D eigenvalue weighted by Gasteiger charge is -2.17. The van der Waals surface area contributed by atoms with Crippen molar-refractivity contribution < 1.29 is 9.59 Å². The maximum Gasteiger partial charge on any atom is 0.154 e. The van der Waals surface area contributed by atoms with Gasteiger partial charge in [0.1, 0.15) is 0 Å². The summed E-state index contributed by atoms with van der Waals surface area (Å²) in [5.74, 6) is 0.146. The summed E-state index contributed by atoms with van der Waals surface area (Å²) < 4.78 is 0. The van der Waals surface area contributed by atoms with Gasteiger partial charge < -0.3 is 15.5 Å². The first-order valence-corrected chi connectivity index (χ1v) is 7.85. The number of hydrogen-bond donors (Lipinski definition) is 2. The minimum absolute atomic E-state index is 0.0729. The van der Waals surface area contributed by atoms with Gasteiger partial charge in [-0.3, -0.25) is 9.59 Å². The molecular formula is C17H31N3O2. The zero-order chi connectivity index (χ0) is 17.0. The average molecular weight is 309 g/mol. The van der Waals surface area contributed by atoms with Crippen LogP contribution in [0.5, 0.6) is 0 Å². The van der Waals surface area contributed by atoms with Gasteiger partial charge in [-0.1, -0.05) is 0 Å². The van der Waals surface area contributed by atoms with Crippen molar-refractivity contribution in [2.45, 2.75) is 40.5 Å². The molecule has 0 heterocycles. The summed E-state index contributed by atoms with van der Waals surface area (Å²) in [5.41, 5.74) is 1.85. The first-order chi connectivity index (χ1) is 10.3. The number of hydrogen-bond acceptors (Lipinski definition) is 5. The van der Waals surface area contributed by atoms with E-state index in [0.29, 0.717) is 0 Å². The number of carbonyl (C=O) groups is 2. The Balaban J connectivity index is 3.64. The van der Waals surface area contributed by atoms with Crippen LogP contribution in [0.1, 0.15) is 40.5 Å². The van der Waals surface area contributed by atoms with Gasteiger partial charge in [-0.25, -0.2) is 0 Å². The Bertz CT molecular complexity index is 376. The number of allylic oxidation sites excluding steroid dienone is 4. The maximum absolute atomic E-state index is 10.9. The highest BCUT2D eigenvalue weighted by Crippen LogP contribution is 1.93. The van der Waals surface area contributed by atoms with Crippen LogP contribution in [0.2, 0.25) is 0 Å². The number of carbonyl (C=O) groups excluding carboxylic acids is 2. The Hall–Kier alpha value is -1.62. The van der Waals surface area contributed by atoms with Gasteiger partial charge in [0, 0.05) is 24.5 Å². The van der Waals surface area contributed by atoms with Crippen molar-refractivity contribution in [3.8, 4) is 0 Å². The third kappa shape index (κ3) is 13.4. The first kappa shape index (κ1) is 20.4. The summed E-state index contributed by atoms with van der Waals surface area (Å²) in [6.07, 6.45) is 5.31. The van der Waals surface area contributed by atoms with Crippen molar-refractivity contribution in [3.63, 3.8) is 0 Å². The molecule has 0 aromatic carbocycles. The van der Waals surface area contributed by atoms with E-state index < -0.39 is 0 Å². The van der Waals surface area contributed by atoms with Crippen molar-refractivity contribution in [2.24, 2.45) is 0 Å². The predicted octanol–water partition coefficient (Wildman–Crippen LogP) is 1.86. The zero-order valence-electron chi connectivity index (χ0n) is 14.7. The number of ketones is 2. The van der Waals surface area contributed by atoms with Crippen LogP contribution >= 0.6 is 0 Å². The molecule has 2 N–H and O–H groups in total. The van der Waals surface area contributed by atoms with E-state index in [1.807, 2.05) is 13.8 Å². The second-order valence-corrected chi connectivity index (χ2v) is 5.74. The van der Waals surface area contributed by atoms with Crippen LogP contribution in [0, 0.1) is 0 Å². The Morgan fingerprint density at radius 1 is 0.818 bits per heavy atom. The van der Waals surface area contributed by atoms with Crippen LogP contribution in [-0.2, 0) is 9.59 Å². The topological polar surface area (TPSA) is 61.4 Å². The molecule has 0 radical (unpaired) electrons. The highest BCUT2D eigenvalue weighted by atomic mass is 16.1. The molecule has 0 atom stereocenters. The van der Waals surface area contributed by atoms with Gasteiger partial charge in [-0.05, 0) is 72.8 Å². The van der Waals surface area contributed by atoms with E-state index in [9.17, 15) is 9.59 Å². The van der Waals surface area contributed by atoms with E-state index in [-0.39, 0.29) is 11.6 Å². The normalized spacial score (nSPS) is 12.5. The monoisotopic (exact) mass is 309 g/mol. The molecule has 0 saturated heterocycles.